The molecule has 0 N–H and O–H groups in total. The summed E-state index contributed by atoms with van der Waals surface area (Å²) in [7, 11) is 2.12. The Bertz CT molecular complexity index is 1650. The molecule has 2 atom stereocenters. The lowest BCUT2D eigenvalue weighted by Gasteiger charge is -2.42. The van der Waals surface area contributed by atoms with Crippen LogP contribution >= 0.6 is 0 Å². The van der Waals surface area contributed by atoms with E-state index in [0.717, 1.165) is 52.9 Å². The van der Waals surface area contributed by atoms with Gasteiger partial charge in [-0.15, -0.1) is 0 Å². The summed E-state index contributed by atoms with van der Waals surface area (Å²) in [4.78, 5) is 31.4. The number of aryl methyl sites for hydroxylation is 1. The Balaban J connectivity index is 1.33. The molecule has 0 unspecified atom stereocenters. The highest BCUT2D eigenvalue weighted by molar-refractivity contribution is 5.97. The third kappa shape index (κ3) is 6.54. The first-order chi connectivity index (χ1) is 22.0. The smallest absolute Gasteiger partial charge is 0.410 e. The number of fused-ring (bicyclic) bond motifs is 2. The van der Waals surface area contributed by atoms with Crippen LogP contribution in [0, 0.1) is 24.1 Å². The summed E-state index contributed by atoms with van der Waals surface area (Å²) >= 11 is 0. The average molecular weight is 630 g/mol. The first kappa shape index (κ1) is 31.8. The van der Waals surface area contributed by atoms with Gasteiger partial charge in [0.1, 0.15) is 23.8 Å². The van der Waals surface area contributed by atoms with Gasteiger partial charge in [-0.2, -0.15) is 15.2 Å². The van der Waals surface area contributed by atoms with Crippen LogP contribution in [-0.4, -0.2) is 89.9 Å². The third-order valence-electron chi connectivity index (χ3n) is 9.39. The second-order valence-electron chi connectivity index (χ2n) is 13.7. The number of hydrogen-bond acceptors (Lipinski definition) is 9. The molecule has 2 aromatic carbocycles. The van der Waals surface area contributed by atoms with E-state index in [1.165, 1.54) is 6.07 Å². The molecule has 1 aromatic heterocycles. The summed E-state index contributed by atoms with van der Waals surface area (Å²) in [6.07, 6.45) is 2.69. The lowest BCUT2D eigenvalue weighted by Crippen LogP contribution is -2.56. The van der Waals surface area contributed by atoms with Crippen LogP contribution in [0.15, 0.2) is 30.3 Å². The SMILES string of the molecule is Cc1c(F)ccc2cccc(N3CCc4c(nc(OC[C@@H]5CCCN5C)nc4N4CCN(C(=O)OC(C)(C)C)[C@@H](CC#N)C4)C3)c12. The van der Waals surface area contributed by atoms with Crippen LogP contribution < -0.4 is 14.5 Å². The van der Waals surface area contributed by atoms with Crippen molar-refractivity contribution in [3.63, 3.8) is 0 Å². The highest BCUT2D eigenvalue weighted by Crippen LogP contribution is 2.36. The lowest BCUT2D eigenvalue weighted by molar-refractivity contribution is 0.0144. The number of halogens is 1. The lowest BCUT2D eigenvalue weighted by atomic mass is 9.99. The molecule has 46 heavy (non-hydrogen) atoms. The number of nitrogens with zero attached hydrogens (tertiary/aromatic N) is 7. The van der Waals surface area contributed by atoms with Crippen LogP contribution in [0.2, 0.25) is 0 Å². The molecule has 2 fully saturated rings. The minimum absolute atomic E-state index is 0.186. The summed E-state index contributed by atoms with van der Waals surface area (Å²) in [6.45, 7) is 11.6. The Morgan fingerprint density at radius 2 is 1.91 bits per heavy atom. The van der Waals surface area contributed by atoms with Crippen LogP contribution in [0.4, 0.5) is 20.7 Å². The van der Waals surface area contributed by atoms with Crippen molar-refractivity contribution >= 4 is 28.4 Å². The molecule has 0 spiro atoms. The van der Waals surface area contributed by atoms with Crippen molar-refractivity contribution in [3.8, 4) is 12.1 Å². The van der Waals surface area contributed by atoms with Crippen molar-refractivity contribution in [2.45, 2.75) is 77.6 Å². The Kier molecular flexibility index (Phi) is 8.92. The largest absolute Gasteiger partial charge is 0.462 e. The monoisotopic (exact) mass is 629 g/mol. The Morgan fingerprint density at radius 3 is 2.65 bits per heavy atom. The molecule has 11 heteroatoms. The molecule has 0 radical (unpaired) electrons. The number of aromatic nitrogens is 2. The summed E-state index contributed by atoms with van der Waals surface area (Å²) in [5.74, 6) is 0.582. The number of anilines is 2. The quantitative estimate of drug-likeness (QED) is 0.353. The predicted octanol–water partition coefficient (Wildman–Crippen LogP) is 5.45. The van der Waals surface area contributed by atoms with Gasteiger partial charge in [0.15, 0.2) is 0 Å². The van der Waals surface area contributed by atoms with Crippen molar-refractivity contribution in [1.29, 1.82) is 5.26 Å². The highest BCUT2D eigenvalue weighted by atomic mass is 19.1. The molecule has 6 rings (SSSR count). The molecule has 2 saturated heterocycles. The van der Waals surface area contributed by atoms with E-state index in [4.69, 9.17) is 19.4 Å². The average Bonchev–Trinajstić information content (AvgIpc) is 3.44. The zero-order chi connectivity index (χ0) is 32.6. The van der Waals surface area contributed by atoms with Crippen LogP contribution in [0.25, 0.3) is 10.8 Å². The van der Waals surface area contributed by atoms with Crippen molar-refractivity contribution in [3.05, 3.63) is 53.0 Å². The van der Waals surface area contributed by atoms with Gasteiger partial charge in [0.05, 0.1) is 30.8 Å². The zero-order valence-corrected chi connectivity index (χ0v) is 27.6. The normalized spacial score (nSPS) is 20.5. The van der Waals surface area contributed by atoms with E-state index in [1.54, 1.807) is 4.90 Å². The number of benzene rings is 2. The molecule has 244 valence electrons. The van der Waals surface area contributed by atoms with E-state index in [1.807, 2.05) is 45.9 Å². The van der Waals surface area contributed by atoms with E-state index in [9.17, 15) is 14.4 Å². The van der Waals surface area contributed by atoms with Gasteiger partial charge >= 0.3 is 12.1 Å². The van der Waals surface area contributed by atoms with E-state index in [0.29, 0.717) is 63.4 Å². The topological polar surface area (TPSA) is 98.1 Å². The van der Waals surface area contributed by atoms with E-state index in [2.05, 4.69) is 33.9 Å². The van der Waals surface area contributed by atoms with Gasteiger partial charge < -0.3 is 29.1 Å². The molecule has 1 amide bonds. The number of carbonyl (C=O) groups is 1. The number of amides is 1. The standard InChI is InChI=1S/C35H44FN7O3/c1-23-28(36)12-11-24-8-6-10-30(31(23)24)41-17-14-27-29(21-41)38-33(45-22-26-9-7-16-40(26)5)39-32(27)42-18-19-43(25(20-42)13-15-37)34(44)46-35(2,3)4/h6,8,10-12,25-26H,7,9,13-14,16-22H2,1-5H3/t25-,26-/m0/s1. The number of nitriles is 1. The first-order valence-corrected chi connectivity index (χ1v) is 16.3. The minimum atomic E-state index is -0.628. The van der Waals surface area contributed by atoms with Crippen molar-refractivity contribution in [2.24, 2.45) is 0 Å². The molecular weight excluding hydrogens is 585 g/mol. The number of likely N-dealkylation sites (tertiary alicyclic amines) is 1. The Labute approximate surface area is 270 Å². The number of carbonyl (C=O) groups excluding carboxylic acids is 1. The molecule has 10 nitrogen and oxygen atoms in total. The number of likely N-dealkylation sites (N-methyl/N-ethyl adjacent to an activating group) is 1. The maximum absolute atomic E-state index is 14.7. The highest BCUT2D eigenvalue weighted by Gasteiger charge is 2.36. The van der Waals surface area contributed by atoms with Crippen LogP contribution in [0.1, 0.15) is 56.9 Å². The van der Waals surface area contributed by atoms with Crippen LogP contribution in [0.5, 0.6) is 6.01 Å². The fourth-order valence-corrected chi connectivity index (χ4v) is 6.95. The fourth-order valence-electron chi connectivity index (χ4n) is 6.95. The van der Waals surface area contributed by atoms with Crippen LogP contribution in [0.3, 0.4) is 0 Å². The molecule has 0 aliphatic carbocycles. The second kappa shape index (κ2) is 12.9. The molecule has 0 saturated carbocycles. The van der Waals surface area contributed by atoms with Crippen molar-refractivity contribution < 1.29 is 18.7 Å². The Hall–Kier alpha value is -4.17. The predicted molar refractivity (Wildman–Crippen MR) is 176 cm³/mol. The fraction of sp³-hybridized carbons (Fsp3) is 0.543. The number of hydrogen-bond donors (Lipinski definition) is 0. The number of rotatable bonds is 6. The zero-order valence-electron chi connectivity index (χ0n) is 27.6. The van der Waals surface area contributed by atoms with Crippen LogP contribution in [-0.2, 0) is 17.7 Å². The van der Waals surface area contributed by atoms with Crippen molar-refractivity contribution in [1.82, 2.24) is 19.8 Å². The second-order valence-corrected chi connectivity index (χ2v) is 13.7. The van der Waals surface area contributed by atoms with Gasteiger partial charge in [-0.1, -0.05) is 18.2 Å². The minimum Gasteiger partial charge on any atom is -0.462 e. The third-order valence-corrected chi connectivity index (χ3v) is 9.39. The summed E-state index contributed by atoms with van der Waals surface area (Å²) < 4.78 is 26.7. The molecule has 3 aliphatic heterocycles. The maximum atomic E-state index is 14.7. The van der Waals surface area contributed by atoms with Gasteiger partial charge in [-0.05, 0) is 83.6 Å². The molecule has 3 aliphatic rings. The molecule has 3 aromatic rings. The van der Waals surface area contributed by atoms with Gasteiger partial charge in [0.2, 0.25) is 0 Å². The van der Waals surface area contributed by atoms with Gasteiger partial charge in [-0.3, -0.25) is 0 Å². The summed E-state index contributed by atoms with van der Waals surface area (Å²) in [5.41, 5.74) is 2.92. The molecular formula is C35H44FN7O3. The van der Waals surface area contributed by atoms with Gasteiger partial charge in [0, 0.05) is 48.9 Å². The first-order valence-electron chi connectivity index (χ1n) is 16.3. The number of piperazine rings is 1. The van der Waals surface area contributed by atoms with E-state index >= 15 is 0 Å². The van der Waals surface area contributed by atoms with Gasteiger partial charge in [-0.25, -0.2) is 9.18 Å². The van der Waals surface area contributed by atoms with E-state index in [-0.39, 0.29) is 18.3 Å². The summed E-state index contributed by atoms with van der Waals surface area (Å²) in [5, 5.41) is 11.6. The summed E-state index contributed by atoms with van der Waals surface area (Å²) in [6, 6.07) is 12.0. The number of ether oxygens (including phenoxy) is 2. The van der Waals surface area contributed by atoms with Crippen molar-refractivity contribution in [2.75, 3.05) is 56.2 Å². The maximum Gasteiger partial charge on any atom is 0.410 e. The molecule has 4 heterocycles. The Morgan fingerprint density at radius 1 is 1.09 bits per heavy atom. The van der Waals surface area contributed by atoms with E-state index < -0.39 is 11.7 Å². The molecule has 0 bridgehead atoms. The van der Waals surface area contributed by atoms with Gasteiger partial charge in [0.25, 0.3) is 0 Å².